The fourth-order valence-electron chi connectivity index (χ4n) is 1.86. The van der Waals surface area contributed by atoms with Crippen LogP contribution in [0.3, 0.4) is 0 Å². The molecule has 18 heavy (non-hydrogen) atoms. The molecular weight excluding hydrogens is 251 g/mol. The van der Waals surface area contributed by atoms with Gasteiger partial charge >= 0.3 is 0 Å². The maximum absolute atomic E-state index is 12.9. The lowest BCUT2D eigenvalue weighted by atomic mass is 10.2. The van der Waals surface area contributed by atoms with Crippen LogP contribution in [-0.4, -0.2) is 6.54 Å². The molecule has 0 amide bonds. The Hall–Kier alpha value is -1.74. The van der Waals surface area contributed by atoms with Crippen LogP contribution in [0.15, 0.2) is 42.5 Å². The number of halogens is 2. The van der Waals surface area contributed by atoms with Crippen molar-refractivity contribution < 1.29 is 4.39 Å². The van der Waals surface area contributed by atoms with Crippen molar-refractivity contribution in [3.63, 3.8) is 0 Å². The van der Waals surface area contributed by atoms with E-state index in [0.29, 0.717) is 10.7 Å². The largest absolute Gasteiger partial charge is 0.399 e. The summed E-state index contributed by atoms with van der Waals surface area (Å²) in [7, 11) is 0. The van der Waals surface area contributed by atoms with Crippen LogP contribution in [0.5, 0.6) is 0 Å². The summed E-state index contributed by atoms with van der Waals surface area (Å²) in [5.41, 5.74) is 8.05. The standard InChI is InChI=1S/C14H14ClFN2/c1-2-18(12-6-3-10(16)4-7-12)14-8-5-11(17)9-13(14)15/h3-9H,2,17H2,1H3. The second kappa shape index (κ2) is 5.27. The fraction of sp³-hybridized carbons (Fsp3) is 0.143. The Labute approximate surface area is 111 Å². The minimum atomic E-state index is -0.252. The first kappa shape index (κ1) is 12.7. The summed E-state index contributed by atoms with van der Waals surface area (Å²) in [6, 6.07) is 11.7. The van der Waals surface area contributed by atoms with Gasteiger partial charge in [0.15, 0.2) is 0 Å². The van der Waals surface area contributed by atoms with Crippen molar-refractivity contribution in [1.82, 2.24) is 0 Å². The third kappa shape index (κ3) is 2.57. The van der Waals surface area contributed by atoms with Gasteiger partial charge in [-0.3, -0.25) is 0 Å². The lowest BCUT2D eigenvalue weighted by Crippen LogP contribution is -2.16. The summed E-state index contributed by atoms with van der Waals surface area (Å²) >= 11 is 6.19. The molecule has 0 unspecified atom stereocenters. The number of anilines is 3. The highest BCUT2D eigenvalue weighted by Crippen LogP contribution is 2.32. The number of hydrogen-bond acceptors (Lipinski definition) is 2. The molecule has 0 aliphatic rings. The van der Waals surface area contributed by atoms with Gasteiger partial charge < -0.3 is 10.6 Å². The topological polar surface area (TPSA) is 29.3 Å². The highest BCUT2D eigenvalue weighted by molar-refractivity contribution is 6.33. The molecule has 0 fully saturated rings. The average Bonchev–Trinajstić information content (AvgIpc) is 2.35. The van der Waals surface area contributed by atoms with E-state index >= 15 is 0 Å². The number of benzene rings is 2. The van der Waals surface area contributed by atoms with Gasteiger partial charge in [0, 0.05) is 17.9 Å². The molecule has 0 aliphatic heterocycles. The van der Waals surface area contributed by atoms with Crippen molar-refractivity contribution in [3.8, 4) is 0 Å². The van der Waals surface area contributed by atoms with Gasteiger partial charge in [0.05, 0.1) is 10.7 Å². The van der Waals surface area contributed by atoms with Gasteiger partial charge in [-0.05, 0) is 49.4 Å². The second-order valence-corrected chi connectivity index (χ2v) is 4.34. The third-order valence-electron chi connectivity index (χ3n) is 2.72. The molecule has 0 aromatic heterocycles. The summed E-state index contributed by atoms with van der Waals surface area (Å²) in [6.45, 7) is 2.74. The van der Waals surface area contributed by atoms with E-state index in [4.69, 9.17) is 17.3 Å². The molecule has 0 aliphatic carbocycles. The Morgan fingerprint density at radius 3 is 2.39 bits per heavy atom. The summed E-state index contributed by atoms with van der Waals surface area (Å²) in [5, 5.41) is 0.584. The van der Waals surface area contributed by atoms with E-state index in [9.17, 15) is 4.39 Å². The number of rotatable bonds is 3. The molecule has 0 saturated heterocycles. The Morgan fingerprint density at radius 1 is 1.17 bits per heavy atom. The SMILES string of the molecule is CCN(c1ccc(F)cc1)c1ccc(N)cc1Cl. The zero-order valence-corrected chi connectivity index (χ0v) is 10.8. The van der Waals surface area contributed by atoms with Crippen molar-refractivity contribution in [2.45, 2.75) is 6.92 Å². The van der Waals surface area contributed by atoms with E-state index < -0.39 is 0 Å². The Bertz CT molecular complexity index is 540. The van der Waals surface area contributed by atoms with Crippen LogP contribution < -0.4 is 10.6 Å². The molecule has 2 aromatic rings. The fourth-order valence-corrected chi connectivity index (χ4v) is 2.15. The molecule has 0 spiro atoms. The molecule has 0 bridgehead atoms. The molecule has 4 heteroatoms. The van der Waals surface area contributed by atoms with Gasteiger partial charge in [0.2, 0.25) is 0 Å². The van der Waals surface area contributed by atoms with Crippen molar-refractivity contribution in [2.24, 2.45) is 0 Å². The van der Waals surface area contributed by atoms with Gasteiger partial charge in [-0.25, -0.2) is 4.39 Å². The maximum Gasteiger partial charge on any atom is 0.123 e. The monoisotopic (exact) mass is 264 g/mol. The first-order valence-electron chi connectivity index (χ1n) is 5.70. The summed E-state index contributed by atoms with van der Waals surface area (Å²) < 4.78 is 12.9. The van der Waals surface area contributed by atoms with E-state index in [0.717, 1.165) is 17.9 Å². The smallest absolute Gasteiger partial charge is 0.123 e. The number of nitrogen functional groups attached to an aromatic ring is 1. The zero-order valence-electron chi connectivity index (χ0n) is 10.0. The van der Waals surface area contributed by atoms with Crippen LogP contribution in [-0.2, 0) is 0 Å². The molecule has 0 saturated carbocycles. The minimum absolute atomic E-state index is 0.252. The molecule has 2 nitrogen and oxygen atoms in total. The lowest BCUT2D eigenvalue weighted by Gasteiger charge is -2.24. The van der Waals surface area contributed by atoms with Gasteiger partial charge in [-0.2, -0.15) is 0 Å². The molecule has 0 heterocycles. The third-order valence-corrected chi connectivity index (χ3v) is 3.02. The Kier molecular flexibility index (Phi) is 3.72. The number of nitrogens with zero attached hydrogens (tertiary/aromatic N) is 1. The van der Waals surface area contributed by atoms with E-state index in [1.165, 1.54) is 12.1 Å². The van der Waals surface area contributed by atoms with Crippen molar-refractivity contribution >= 4 is 28.7 Å². The van der Waals surface area contributed by atoms with Gasteiger partial charge in [-0.1, -0.05) is 11.6 Å². The predicted octanol–water partition coefficient (Wildman–Crippen LogP) is 4.22. The van der Waals surface area contributed by atoms with Crippen LogP contribution >= 0.6 is 11.6 Å². The summed E-state index contributed by atoms with van der Waals surface area (Å²) in [4.78, 5) is 2.00. The van der Waals surface area contributed by atoms with Crippen LogP contribution in [0.2, 0.25) is 5.02 Å². The van der Waals surface area contributed by atoms with Crippen molar-refractivity contribution in [2.75, 3.05) is 17.2 Å². The van der Waals surface area contributed by atoms with Crippen LogP contribution in [0, 0.1) is 5.82 Å². The van der Waals surface area contributed by atoms with E-state index in [1.807, 2.05) is 17.9 Å². The van der Waals surface area contributed by atoms with Crippen LogP contribution in [0.4, 0.5) is 21.5 Å². The predicted molar refractivity (Wildman–Crippen MR) is 74.9 cm³/mol. The molecule has 2 N–H and O–H groups in total. The van der Waals surface area contributed by atoms with Gasteiger partial charge in [-0.15, -0.1) is 0 Å². The zero-order chi connectivity index (χ0) is 13.1. The Balaban J connectivity index is 2.41. The van der Waals surface area contributed by atoms with Crippen molar-refractivity contribution in [3.05, 3.63) is 53.3 Å². The quantitative estimate of drug-likeness (QED) is 0.841. The van der Waals surface area contributed by atoms with Gasteiger partial charge in [0.25, 0.3) is 0 Å². The highest BCUT2D eigenvalue weighted by atomic mass is 35.5. The maximum atomic E-state index is 12.9. The summed E-state index contributed by atoms with van der Waals surface area (Å²) in [6.07, 6.45) is 0. The van der Waals surface area contributed by atoms with E-state index in [2.05, 4.69) is 0 Å². The van der Waals surface area contributed by atoms with Crippen LogP contribution in [0.1, 0.15) is 6.92 Å². The van der Waals surface area contributed by atoms with E-state index in [-0.39, 0.29) is 5.82 Å². The van der Waals surface area contributed by atoms with E-state index in [1.54, 1.807) is 24.3 Å². The van der Waals surface area contributed by atoms with Crippen molar-refractivity contribution in [1.29, 1.82) is 0 Å². The highest BCUT2D eigenvalue weighted by Gasteiger charge is 2.11. The molecule has 2 rings (SSSR count). The molecule has 0 radical (unpaired) electrons. The first-order valence-corrected chi connectivity index (χ1v) is 6.07. The average molecular weight is 265 g/mol. The van der Waals surface area contributed by atoms with Gasteiger partial charge in [0.1, 0.15) is 5.82 Å². The Morgan fingerprint density at radius 2 is 1.83 bits per heavy atom. The molecular formula is C14H14ClFN2. The molecule has 2 aromatic carbocycles. The lowest BCUT2D eigenvalue weighted by molar-refractivity contribution is 0.628. The number of nitrogens with two attached hydrogens (primary N) is 1. The molecule has 0 atom stereocenters. The first-order chi connectivity index (χ1) is 8.61. The van der Waals surface area contributed by atoms with Crippen LogP contribution in [0.25, 0.3) is 0 Å². The minimum Gasteiger partial charge on any atom is -0.399 e. The number of hydrogen-bond donors (Lipinski definition) is 1. The molecule has 94 valence electrons. The summed E-state index contributed by atoms with van der Waals surface area (Å²) in [5.74, 6) is -0.252. The second-order valence-electron chi connectivity index (χ2n) is 3.93. The normalized spacial score (nSPS) is 10.4.